The van der Waals surface area contributed by atoms with Crippen LogP contribution in [-0.4, -0.2) is 32.5 Å². The van der Waals surface area contributed by atoms with Crippen LogP contribution in [0.25, 0.3) is 10.8 Å². The van der Waals surface area contributed by atoms with Gasteiger partial charge in [0.15, 0.2) is 0 Å². The van der Waals surface area contributed by atoms with E-state index in [2.05, 4.69) is 15.0 Å². The minimum Gasteiger partial charge on any atom is -0.315 e. The zero-order valence-electron chi connectivity index (χ0n) is 16.3. The molecule has 0 saturated heterocycles. The molecule has 1 heterocycles. The van der Waals surface area contributed by atoms with Gasteiger partial charge in [0.1, 0.15) is 0 Å². The number of sulfonamides is 1. The molecule has 3 rings (SSSR count). The van der Waals surface area contributed by atoms with Crippen molar-refractivity contribution in [2.75, 3.05) is 13.1 Å². The Morgan fingerprint density at radius 3 is 2.47 bits per heavy atom. The Labute approximate surface area is 173 Å². The Kier molecular flexibility index (Phi) is 6.74. The quantitative estimate of drug-likeness (QED) is 0.527. The van der Waals surface area contributed by atoms with Crippen molar-refractivity contribution in [3.05, 3.63) is 72.1 Å². The molecule has 5 nitrogen and oxygen atoms in total. The minimum absolute atomic E-state index is 0.179. The highest BCUT2D eigenvalue weighted by atomic mass is 32.2. The monoisotopic (exact) mass is 437 g/mol. The van der Waals surface area contributed by atoms with Gasteiger partial charge < -0.3 is 5.32 Å². The lowest BCUT2D eigenvalue weighted by Crippen LogP contribution is -2.40. The van der Waals surface area contributed by atoms with Crippen LogP contribution >= 0.6 is 0 Å². The molecule has 0 fully saturated rings. The van der Waals surface area contributed by atoms with Crippen molar-refractivity contribution < 1.29 is 21.6 Å². The zero-order valence-corrected chi connectivity index (χ0v) is 17.1. The fourth-order valence-corrected chi connectivity index (χ4v) is 4.29. The van der Waals surface area contributed by atoms with Crippen LogP contribution in [-0.2, 0) is 22.6 Å². The minimum atomic E-state index is -4.34. The van der Waals surface area contributed by atoms with Gasteiger partial charge in [0.25, 0.3) is 0 Å². The molecule has 0 amide bonds. The Balaban J connectivity index is 1.49. The topological polar surface area (TPSA) is 71.1 Å². The number of nitrogens with one attached hydrogen (secondary N) is 2. The number of nitrogens with zero attached hydrogens (tertiary/aromatic N) is 1. The highest BCUT2D eigenvalue weighted by Gasteiger charge is 2.29. The van der Waals surface area contributed by atoms with Crippen molar-refractivity contribution in [3.63, 3.8) is 0 Å². The summed E-state index contributed by atoms with van der Waals surface area (Å²) < 4.78 is 65.6. The summed E-state index contributed by atoms with van der Waals surface area (Å²) in [7, 11) is -3.68. The number of alkyl halides is 3. The number of aromatic nitrogens is 1. The molecule has 0 bridgehead atoms. The van der Waals surface area contributed by atoms with Gasteiger partial charge in [-0.2, -0.15) is 13.2 Å². The molecular weight excluding hydrogens is 415 g/mol. The van der Waals surface area contributed by atoms with E-state index in [0.717, 1.165) is 28.5 Å². The van der Waals surface area contributed by atoms with E-state index in [4.69, 9.17) is 0 Å². The van der Waals surface area contributed by atoms with E-state index < -0.39 is 21.8 Å². The Morgan fingerprint density at radius 2 is 1.77 bits per heavy atom. The predicted octanol–water partition coefficient (Wildman–Crippen LogP) is 3.75. The average Bonchev–Trinajstić information content (AvgIpc) is 2.70. The molecule has 0 radical (unpaired) electrons. The van der Waals surface area contributed by atoms with Gasteiger partial charge >= 0.3 is 6.18 Å². The third-order valence-electron chi connectivity index (χ3n) is 4.60. The third-order valence-corrected chi connectivity index (χ3v) is 6.19. The van der Waals surface area contributed by atoms with Crippen LogP contribution in [0, 0.1) is 0 Å². The average molecular weight is 437 g/mol. The number of rotatable bonds is 8. The maximum atomic E-state index is 12.6. The molecule has 9 heteroatoms. The van der Waals surface area contributed by atoms with Crippen LogP contribution in [0.5, 0.6) is 0 Å². The second-order valence-corrected chi connectivity index (χ2v) is 8.77. The lowest BCUT2D eigenvalue weighted by molar-refractivity contribution is -0.137. The van der Waals surface area contributed by atoms with E-state index in [1.54, 1.807) is 37.5 Å². The molecule has 3 aromatic rings. The molecule has 160 valence electrons. The van der Waals surface area contributed by atoms with Crippen LogP contribution in [0.4, 0.5) is 13.2 Å². The molecular formula is C21H22F3N3O2S. The van der Waals surface area contributed by atoms with E-state index in [-0.39, 0.29) is 10.9 Å². The van der Waals surface area contributed by atoms with Crippen LogP contribution in [0.3, 0.4) is 0 Å². The lowest BCUT2D eigenvalue weighted by Gasteiger charge is -2.15. The summed E-state index contributed by atoms with van der Waals surface area (Å²) in [5.41, 5.74) is 0.0987. The van der Waals surface area contributed by atoms with Crippen LogP contribution < -0.4 is 10.0 Å². The summed E-state index contributed by atoms with van der Waals surface area (Å²) in [5.74, 6) is 0. The summed E-state index contributed by atoms with van der Waals surface area (Å²) in [6.45, 7) is 2.64. The summed E-state index contributed by atoms with van der Waals surface area (Å²) in [5, 5.41) is 4.77. The standard InChI is InChI=1S/C21H22F3N3O2S/c1-15(13-25-10-8-16-2-5-19(6-3-16)21(22,23)24)27-30(28,29)20-7-4-18-14-26-11-9-17(18)12-20/h2-7,9,11-12,14-15,25,27H,8,10,13H2,1H3/t15-/m1/s1. The summed E-state index contributed by atoms with van der Waals surface area (Å²) in [4.78, 5) is 4.19. The highest BCUT2D eigenvalue weighted by Crippen LogP contribution is 2.29. The van der Waals surface area contributed by atoms with Gasteiger partial charge in [-0.1, -0.05) is 18.2 Å². The summed E-state index contributed by atoms with van der Waals surface area (Å²) in [6.07, 6.45) is -0.528. The van der Waals surface area contributed by atoms with E-state index >= 15 is 0 Å². The smallest absolute Gasteiger partial charge is 0.315 e. The van der Waals surface area contributed by atoms with E-state index in [9.17, 15) is 21.6 Å². The molecule has 2 aromatic carbocycles. The number of halogens is 3. The molecule has 1 aromatic heterocycles. The molecule has 0 aliphatic rings. The molecule has 0 aliphatic heterocycles. The second kappa shape index (κ2) is 9.11. The predicted molar refractivity (Wildman–Crippen MR) is 110 cm³/mol. The van der Waals surface area contributed by atoms with Gasteiger partial charge in [-0.05, 0) is 61.2 Å². The van der Waals surface area contributed by atoms with Gasteiger partial charge in [-0.3, -0.25) is 4.98 Å². The fraction of sp³-hybridized carbons (Fsp3) is 0.286. The SMILES string of the molecule is C[C@H](CNCCc1ccc(C(F)(F)F)cc1)NS(=O)(=O)c1ccc2cnccc2c1. The second-order valence-electron chi connectivity index (χ2n) is 7.06. The van der Waals surface area contributed by atoms with Crippen molar-refractivity contribution in [2.24, 2.45) is 0 Å². The van der Waals surface area contributed by atoms with Crippen molar-refractivity contribution in [3.8, 4) is 0 Å². The molecule has 0 saturated carbocycles. The molecule has 1 atom stereocenters. The van der Waals surface area contributed by atoms with Crippen molar-refractivity contribution >= 4 is 20.8 Å². The van der Waals surface area contributed by atoms with Crippen molar-refractivity contribution in [1.82, 2.24) is 15.0 Å². The summed E-state index contributed by atoms with van der Waals surface area (Å²) in [6, 6.07) is 11.3. The van der Waals surface area contributed by atoms with Crippen molar-refractivity contribution in [1.29, 1.82) is 0 Å². The molecule has 0 unspecified atom stereocenters. The Bertz CT molecular complexity index is 1100. The molecule has 30 heavy (non-hydrogen) atoms. The van der Waals surface area contributed by atoms with Gasteiger partial charge in [0.05, 0.1) is 10.5 Å². The van der Waals surface area contributed by atoms with Gasteiger partial charge in [-0.15, -0.1) is 0 Å². The molecule has 2 N–H and O–H groups in total. The van der Waals surface area contributed by atoms with E-state index in [1.165, 1.54) is 18.2 Å². The molecule has 0 spiro atoms. The first kappa shape index (κ1) is 22.2. The van der Waals surface area contributed by atoms with Crippen molar-refractivity contribution in [2.45, 2.75) is 30.5 Å². The normalized spacial score (nSPS) is 13.5. The zero-order chi connectivity index (χ0) is 21.8. The number of hydrogen-bond acceptors (Lipinski definition) is 4. The Hall–Kier alpha value is -2.49. The maximum Gasteiger partial charge on any atom is 0.416 e. The van der Waals surface area contributed by atoms with Crippen LogP contribution in [0.15, 0.2) is 65.8 Å². The first-order valence-electron chi connectivity index (χ1n) is 9.38. The number of fused-ring (bicyclic) bond motifs is 1. The van der Waals surface area contributed by atoms with E-state index in [0.29, 0.717) is 19.5 Å². The van der Waals surface area contributed by atoms with Gasteiger partial charge in [-0.25, -0.2) is 13.1 Å². The lowest BCUT2D eigenvalue weighted by atomic mass is 10.1. The van der Waals surface area contributed by atoms with Gasteiger partial charge in [0, 0.05) is 30.4 Å². The number of hydrogen-bond donors (Lipinski definition) is 2. The van der Waals surface area contributed by atoms with Crippen LogP contribution in [0.1, 0.15) is 18.1 Å². The van der Waals surface area contributed by atoms with Crippen LogP contribution in [0.2, 0.25) is 0 Å². The highest BCUT2D eigenvalue weighted by molar-refractivity contribution is 7.89. The Morgan fingerprint density at radius 1 is 1.03 bits per heavy atom. The third kappa shape index (κ3) is 5.78. The maximum absolute atomic E-state index is 12.6. The first-order chi connectivity index (χ1) is 14.1. The molecule has 0 aliphatic carbocycles. The number of benzene rings is 2. The van der Waals surface area contributed by atoms with E-state index in [1.807, 2.05) is 0 Å². The summed E-state index contributed by atoms with van der Waals surface area (Å²) >= 11 is 0. The number of pyridine rings is 1. The first-order valence-corrected chi connectivity index (χ1v) is 10.9. The largest absolute Gasteiger partial charge is 0.416 e. The fourth-order valence-electron chi connectivity index (χ4n) is 3.01. The van der Waals surface area contributed by atoms with Gasteiger partial charge in [0.2, 0.25) is 10.0 Å².